The zero-order valence-corrected chi connectivity index (χ0v) is 8.89. The molecule has 4 nitrogen and oxygen atoms in total. The maximum atomic E-state index is 12.1. The molecule has 16 heavy (non-hydrogen) atoms. The van der Waals surface area contributed by atoms with Crippen molar-refractivity contribution in [1.82, 2.24) is 5.32 Å². The zero-order chi connectivity index (χ0) is 12.2. The number of esters is 1. The molecule has 1 saturated heterocycles. The third kappa shape index (κ3) is 3.34. The number of nitrogens with one attached hydrogen (secondary N) is 1. The van der Waals surface area contributed by atoms with Crippen LogP contribution in [0.1, 0.15) is 13.3 Å². The van der Waals surface area contributed by atoms with Crippen LogP contribution in [-0.4, -0.2) is 44.0 Å². The van der Waals surface area contributed by atoms with Crippen molar-refractivity contribution in [3.8, 4) is 0 Å². The molecule has 0 radical (unpaired) electrons. The van der Waals surface area contributed by atoms with Crippen molar-refractivity contribution in [2.24, 2.45) is 0 Å². The summed E-state index contributed by atoms with van der Waals surface area (Å²) in [7, 11) is 0. The first-order chi connectivity index (χ1) is 7.40. The lowest BCUT2D eigenvalue weighted by molar-refractivity contribution is -0.155. The summed E-state index contributed by atoms with van der Waals surface area (Å²) in [6, 6.07) is 0. The first-order valence-corrected chi connectivity index (χ1v) is 4.96. The average molecular weight is 241 g/mol. The van der Waals surface area contributed by atoms with Gasteiger partial charge in [0.15, 0.2) is 0 Å². The zero-order valence-electron chi connectivity index (χ0n) is 8.89. The summed E-state index contributed by atoms with van der Waals surface area (Å²) >= 11 is 0. The summed E-state index contributed by atoms with van der Waals surface area (Å²) in [6.45, 7) is 0.681. The minimum atomic E-state index is -4.36. The number of hydrogen-bond donors (Lipinski definition) is 1. The van der Waals surface area contributed by atoms with Crippen LogP contribution in [0.25, 0.3) is 0 Å². The van der Waals surface area contributed by atoms with E-state index in [0.717, 1.165) is 0 Å². The lowest BCUT2D eigenvalue weighted by Crippen LogP contribution is -2.56. The molecule has 1 fully saturated rings. The molecule has 0 aromatic heterocycles. The first-order valence-electron chi connectivity index (χ1n) is 4.96. The van der Waals surface area contributed by atoms with Crippen LogP contribution in [0.4, 0.5) is 13.2 Å². The van der Waals surface area contributed by atoms with E-state index in [0.29, 0.717) is 0 Å². The number of carbonyl (C=O) groups is 1. The molecule has 1 unspecified atom stereocenters. The van der Waals surface area contributed by atoms with Crippen LogP contribution in [0.3, 0.4) is 0 Å². The molecule has 0 saturated carbocycles. The molecule has 0 amide bonds. The molecule has 1 aliphatic heterocycles. The largest absolute Gasteiger partial charge is 0.465 e. The Kier molecular flexibility index (Phi) is 4.15. The van der Waals surface area contributed by atoms with E-state index in [4.69, 9.17) is 9.47 Å². The number of rotatable bonds is 4. The summed E-state index contributed by atoms with van der Waals surface area (Å²) in [6.07, 6.45) is -4.16. The van der Waals surface area contributed by atoms with Crippen LogP contribution in [0.5, 0.6) is 0 Å². The molecule has 94 valence electrons. The van der Waals surface area contributed by atoms with Gasteiger partial charge in [-0.3, -0.25) is 5.32 Å². The van der Waals surface area contributed by atoms with Crippen LogP contribution in [0.15, 0.2) is 0 Å². The van der Waals surface area contributed by atoms with Crippen LogP contribution >= 0.6 is 0 Å². The highest BCUT2D eigenvalue weighted by molar-refractivity contribution is 5.81. The van der Waals surface area contributed by atoms with Gasteiger partial charge in [-0.2, -0.15) is 13.2 Å². The summed E-state index contributed by atoms with van der Waals surface area (Å²) < 4.78 is 45.9. The Balaban J connectivity index is 2.62. The average Bonchev–Trinajstić information content (AvgIpc) is 2.64. The van der Waals surface area contributed by atoms with Gasteiger partial charge in [0, 0.05) is 13.0 Å². The molecule has 0 spiro atoms. The molecule has 0 aliphatic carbocycles. The number of ether oxygens (including phenoxy) is 2. The van der Waals surface area contributed by atoms with Gasteiger partial charge >= 0.3 is 12.1 Å². The van der Waals surface area contributed by atoms with Crippen LogP contribution in [0, 0.1) is 0 Å². The highest BCUT2D eigenvalue weighted by Crippen LogP contribution is 2.23. The van der Waals surface area contributed by atoms with Crippen molar-refractivity contribution < 1.29 is 27.4 Å². The Morgan fingerprint density at radius 2 is 2.25 bits per heavy atom. The Morgan fingerprint density at radius 3 is 2.69 bits per heavy atom. The Bertz CT molecular complexity index is 249. The third-order valence-electron chi connectivity index (χ3n) is 2.32. The van der Waals surface area contributed by atoms with Crippen molar-refractivity contribution in [1.29, 1.82) is 0 Å². The van der Waals surface area contributed by atoms with E-state index in [1.165, 1.54) is 0 Å². The van der Waals surface area contributed by atoms with Crippen molar-refractivity contribution in [3.63, 3.8) is 0 Å². The normalized spacial score (nSPS) is 25.8. The molecular formula is C9H14F3NO3. The third-order valence-corrected chi connectivity index (χ3v) is 2.32. The SMILES string of the molecule is CCOC(=O)C1(NCC(F)(F)F)CCOC1. The van der Waals surface area contributed by atoms with Gasteiger partial charge in [0.2, 0.25) is 0 Å². The van der Waals surface area contributed by atoms with E-state index in [9.17, 15) is 18.0 Å². The first kappa shape index (κ1) is 13.2. The van der Waals surface area contributed by atoms with E-state index in [2.05, 4.69) is 5.32 Å². The monoisotopic (exact) mass is 241 g/mol. The fourth-order valence-corrected chi connectivity index (χ4v) is 1.48. The fraction of sp³-hybridized carbons (Fsp3) is 0.889. The lowest BCUT2D eigenvalue weighted by Gasteiger charge is -2.26. The summed E-state index contributed by atoms with van der Waals surface area (Å²) in [5.74, 6) is -0.684. The predicted octanol–water partition coefficient (Wildman–Crippen LogP) is 0.860. The second-order valence-electron chi connectivity index (χ2n) is 3.57. The Morgan fingerprint density at radius 1 is 1.56 bits per heavy atom. The summed E-state index contributed by atoms with van der Waals surface area (Å²) in [5, 5.41) is 2.20. The van der Waals surface area contributed by atoms with Crippen molar-refractivity contribution in [2.75, 3.05) is 26.4 Å². The summed E-state index contributed by atoms with van der Waals surface area (Å²) in [5.41, 5.74) is -1.34. The Labute approximate surface area is 91.1 Å². The molecule has 1 rings (SSSR count). The second kappa shape index (κ2) is 5.01. The van der Waals surface area contributed by atoms with Gasteiger partial charge in [-0.1, -0.05) is 0 Å². The van der Waals surface area contributed by atoms with Crippen molar-refractivity contribution in [3.05, 3.63) is 0 Å². The molecule has 0 aromatic carbocycles. The molecular weight excluding hydrogens is 227 g/mol. The van der Waals surface area contributed by atoms with Crippen molar-refractivity contribution >= 4 is 5.97 Å². The molecule has 1 N–H and O–H groups in total. The van der Waals surface area contributed by atoms with Crippen molar-refractivity contribution in [2.45, 2.75) is 25.1 Å². The second-order valence-corrected chi connectivity index (χ2v) is 3.57. The molecule has 0 bridgehead atoms. The highest BCUT2D eigenvalue weighted by Gasteiger charge is 2.45. The smallest absolute Gasteiger partial charge is 0.401 e. The van der Waals surface area contributed by atoms with Gasteiger partial charge in [0.1, 0.15) is 5.54 Å². The van der Waals surface area contributed by atoms with E-state index in [-0.39, 0.29) is 26.2 Å². The van der Waals surface area contributed by atoms with Crippen LogP contribution in [0.2, 0.25) is 0 Å². The van der Waals surface area contributed by atoms with Crippen LogP contribution < -0.4 is 5.32 Å². The summed E-state index contributed by atoms with van der Waals surface area (Å²) in [4.78, 5) is 11.6. The standard InChI is InChI=1S/C9H14F3NO3/c1-2-16-7(14)8(3-4-15-6-8)13-5-9(10,11)12/h13H,2-6H2,1H3. The topological polar surface area (TPSA) is 47.6 Å². The number of halogens is 3. The lowest BCUT2D eigenvalue weighted by atomic mass is 9.99. The quantitative estimate of drug-likeness (QED) is 0.742. The van der Waals surface area contributed by atoms with E-state index in [1.807, 2.05) is 0 Å². The molecule has 7 heteroatoms. The maximum Gasteiger partial charge on any atom is 0.401 e. The van der Waals surface area contributed by atoms with Gasteiger partial charge in [-0.15, -0.1) is 0 Å². The maximum absolute atomic E-state index is 12.1. The molecule has 1 atom stereocenters. The highest BCUT2D eigenvalue weighted by atomic mass is 19.4. The van der Waals surface area contributed by atoms with E-state index >= 15 is 0 Å². The van der Waals surface area contributed by atoms with Gasteiger partial charge in [0.05, 0.1) is 19.8 Å². The number of carbonyl (C=O) groups excluding carboxylic acids is 1. The predicted molar refractivity (Wildman–Crippen MR) is 48.9 cm³/mol. The van der Waals surface area contributed by atoms with Gasteiger partial charge in [-0.05, 0) is 6.92 Å². The van der Waals surface area contributed by atoms with Gasteiger partial charge < -0.3 is 9.47 Å². The minimum Gasteiger partial charge on any atom is -0.465 e. The molecule has 1 aliphatic rings. The number of hydrogen-bond acceptors (Lipinski definition) is 4. The molecule has 0 aromatic rings. The van der Waals surface area contributed by atoms with Gasteiger partial charge in [0.25, 0.3) is 0 Å². The van der Waals surface area contributed by atoms with Gasteiger partial charge in [-0.25, -0.2) is 4.79 Å². The molecule has 1 heterocycles. The number of alkyl halides is 3. The minimum absolute atomic E-state index is 0.0814. The fourth-order valence-electron chi connectivity index (χ4n) is 1.48. The van der Waals surface area contributed by atoms with Crippen LogP contribution in [-0.2, 0) is 14.3 Å². The van der Waals surface area contributed by atoms with E-state index in [1.54, 1.807) is 6.92 Å². The van der Waals surface area contributed by atoms with E-state index < -0.39 is 24.2 Å². The Hall–Kier alpha value is -0.820.